The number of rotatable bonds is 9. The van der Waals surface area contributed by atoms with Gasteiger partial charge in [0.1, 0.15) is 5.75 Å². The molecule has 0 radical (unpaired) electrons. The SMILES string of the molecule is CCNC(=NCc1cccc(OCC(N)=O)c1)NC1CCCC(SCC)C1.I. The van der Waals surface area contributed by atoms with Gasteiger partial charge in [0.25, 0.3) is 5.91 Å². The summed E-state index contributed by atoms with van der Waals surface area (Å²) >= 11 is 2.07. The van der Waals surface area contributed by atoms with Gasteiger partial charge in [-0.25, -0.2) is 4.99 Å². The molecule has 2 atom stereocenters. The Hall–Kier alpha value is -1.16. The van der Waals surface area contributed by atoms with Crippen molar-refractivity contribution in [2.75, 3.05) is 18.9 Å². The van der Waals surface area contributed by atoms with Crippen molar-refractivity contribution < 1.29 is 9.53 Å². The highest BCUT2D eigenvalue weighted by molar-refractivity contribution is 14.0. The van der Waals surface area contributed by atoms with Crippen molar-refractivity contribution in [2.45, 2.75) is 57.4 Å². The van der Waals surface area contributed by atoms with E-state index >= 15 is 0 Å². The molecule has 1 aromatic rings. The summed E-state index contributed by atoms with van der Waals surface area (Å²) in [6.45, 7) is 5.56. The Bertz CT molecular complexity index is 628. The van der Waals surface area contributed by atoms with Crippen molar-refractivity contribution in [2.24, 2.45) is 10.7 Å². The van der Waals surface area contributed by atoms with Crippen LogP contribution in [0.3, 0.4) is 0 Å². The first-order chi connectivity index (χ1) is 13.1. The number of carbonyl (C=O) groups excluding carboxylic acids is 1. The summed E-state index contributed by atoms with van der Waals surface area (Å²) in [5, 5.41) is 7.70. The van der Waals surface area contributed by atoms with Gasteiger partial charge in [0, 0.05) is 17.8 Å². The molecule has 28 heavy (non-hydrogen) atoms. The standard InChI is InChI=1S/C20H32N4O2S.HI/c1-3-22-20(24-16-8-6-10-18(12-16)27-4-2)23-13-15-7-5-9-17(11-15)26-14-19(21)25;/h5,7,9,11,16,18H,3-4,6,8,10,12-14H2,1-2H3,(H2,21,25)(H2,22,23,24);1H. The number of halogens is 1. The number of nitrogens with zero attached hydrogens (tertiary/aromatic N) is 1. The molecule has 1 amide bonds. The molecule has 1 aliphatic rings. The van der Waals surface area contributed by atoms with Gasteiger partial charge in [0.15, 0.2) is 12.6 Å². The predicted molar refractivity (Wildman–Crippen MR) is 129 cm³/mol. The molecule has 4 N–H and O–H groups in total. The smallest absolute Gasteiger partial charge is 0.255 e. The third-order valence-corrected chi connectivity index (χ3v) is 5.65. The fourth-order valence-corrected chi connectivity index (χ4v) is 4.41. The monoisotopic (exact) mass is 520 g/mol. The highest BCUT2D eigenvalue weighted by atomic mass is 127. The summed E-state index contributed by atoms with van der Waals surface area (Å²) < 4.78 is 5.36. The van der Waals surface area contributed by atoms with Gasteiger partial charge in [-0.3, -0.25) is 4.79 Å². The number of hydrogen-bond acceptors (Lipinski definition) is 4. The van der Waals surface area contributed by atoms with Gasteiger partial charge in [0.05, 0.1) is 6.54 Å². The minimum absolute atomic E-state index is 0. The second-order valence-corrected chi connectivity index (χ2v) is 8.26. The molecule has 0 spiro atoms. The average molecular weight is 520 g/mol. The van der Waals surface area contributed by atoms with E-state index in [1.807, 2.05) is 24.3 Å². The maximum absolute atomic E-state index is 10.9. The van der Waals surface area contributed by atoms with Crippen LogP contribution in [0.4, 0.5) is 0 Å². The number of amides is 1. The van der Waals surface area contributed by atoms with E-state index in [2.05, 4.69) is 36.2 Å². The van der Waals surface area contributed by atoms with Crippen LogP contribution in [-0.2, 0) is 11.3 Å². The Morgan fingerprint density at radius 1 is 1.36 bits per heavy atom. The lowest BCUT2D eigenvalue weighted by molar-refractivity contribution is -0.119. The Morgan fingerprint density at radius 2 is 2.18 bits per heavy atom. The fraction of sp³-hybridized carbons (Fsp3) is 0.600. The zero-order valence-corrected chi connectivity index (χ0v) is 19.9. The molecule has 0 aromatic heterocycles. The van der Waals surface area contributed by atoms with Crippen molar-refractivity contribution in [3.8, 4) is 5.75 Å². The summed E-state index contributed by atoms with van der Waals surface area (Å²) in [7, 11) is 0. The summed E-state index contributed by atoms with van der Waals surface area (Å²) in [5.41, 5.74) is 6.15. The molecular weight excluding hydrogens is 487 g/mol. The lowest BCUT2D eigenvalue weighted by Gasteiger charge is -2.30. The van der Waals surface area contributed by atoms with Crippen molar-refractivity contribution in [1.29, 1.82) is 0 Å². The van der Waals surface area contributed by atoms with Crippen LogP contribution in [-0.4, -0.2) is 42.1 Å². The quantitative estimate of drug-likeness (QED) is 0.264. The molecule has 1 aliphatic carbocycles. The van der Waals surface area contributed by atoms with Gasteiger partial charge in [-0.2, -0.15) is 11.8 Å². The first-order valence-electron chi connectivity index (χ1n) is 9.77. The Balaban J connectivity index is 0.00000392. The number of thioether (sulfide) groups is 1. The lowest BCUT2D eigenvalue weighted by Crippen LogP contribution is -2.45. The van der Waals surface area contributed by atoms with Crippen LogP contribution >= 0.6 is 35.7 Å². The third-order valence-electron chi connectivity index (χ3n) is 4.41. The first kappa shape index (κ1) is 24.9. The molecule has 0 heterocycles. The van der Waals surface area contributed by atoms with Gasteiger partial charge in [-0.1, -0.05) is 25.5 Å². The summed E-state index contributed by atoms with van der Waals surface area (Å²) in [4.78, 5) is 15.6. The van der Waals surface area contributed by atoms with E-state index in [1.165, 1.54) is 31.4 Å². The van der Waals surface area contributed by atoms with Crippen LogP contribution in [0.5, 0.6) is 5.75 Å². The maximum atomic E-state index is 10.9. The molecule has 0 bridgehead atoms. The molecule has 2 rings (SSSR count). The van der Waals surface area contributed by atoms with E-state index in [9.17, 15) is 4.79 Å². The van der Waals surface area contributed by atoms with Crippen molar-refractivity contribution >= 4 is 47.6 Å². The molecule has 1 aromatic carbocycles. The number of guanidine groups is 1. The second-order valence-electron chi connectivity index (χ2n) is 6.68. The number of aliphatic imine (C=N–C) groups is 1. The van der Waals surface area contributed by atoms with Crippen LogP contribution in [0.2, 0.25) is 0 Å². The molecule has 6 nitrogen and oxygen atoms in total. The number of ether oxygens (including phenoxy) is 1. The molecule has 0 saturated heterocycles. The van der Waals surface area contributed by atoms with Crippen LogP contribution < -0.4 is 21.1 Å². The molecule has 8 heteroatoms. The van der Waals surface area contributed by atoms with Crippen molar-refractivity contribution in [3.05, 3.63) is 29.8 Å². The number of carbonyl (C=O) groups is 1. The van der Waals surface area contributed by atoms with Crippen LogP contribution in [0, 0.1) is 0 Å². The third kappa shape index (κ3) is 9.36. The van der Waals surface area contributed by atoms with E-state index < -0.39 is 5.91 Å². The zero-order chi connectivity index (χ0) is 19.5. The number of primary amides is 1. The largest absolute Gasteiger partial charge is 0.484 e. The second kappa shape index (κ2) is 13.9. The molecule has 1 saturated carbocycles. The highest BCUT2D eigenvalue weighted by Gasteiger charge is 2.22. The molecule has 158 valence electrons. The van der Waals surface area contributed by atoms with Gasteiger partial charge < -0.3 is 21.1 Å². The summed E-state index contributed by atoms with van der Waals surface area (Å²) in [6.07, 6.45) is 4.98. The maximum Gasteiger partial charge on any atom is 0.255 e. The van der Waals surface area contributed by atoms with E-state index in [1.54, 1.807) is 0 Å². The van der Waals surface area contributed by atoms with Crippen LogP contribution in [0.1, 0.15) is 45.1 Å². The highest BCUT2D eigenvalue weighted by Crippen LogP contribution is 2.28. The van der Waals surface area contributed by atoms with Gasteiger partial charge >= 0.3 is 0 Å². The fourth-order valence-electron chi connectivity index (χ4n) is 3.23. The molecule has 2 unspecified atom stereocenters. The van der Waals surface area contributed by atoms with Crippen LogP contribution in [0.15, 0.2) is 29.3 Å². The van der Waals surface area contributed by atoms with Crippen LogP contribution in [0.25, 0.3) is 0 Å². The van der Waals surface area contributed by atoms with Crippen molar-refractivity contribution in [3.63, 3.8) is 0 Å². The minimum atomic E-state index is -0.482. The Kier molecular flexibility index (Phi) is 12.4. The first-order valence-corrected chi connectivity index (χ1v) is 10.8. The topological polar surface area (TPSA) is 88.7 Å². The normalized spacial score (nSPS) is 19.4. The lowest BCUT2D eigenvalue weighted by atomic mass is 9.95. The van der Waals surface area contributed by atoms with E-state index in [0.29, 0.717) is 18.3 Å². The number of hydrogen-bond donors (Lipinski definition) is 3. The van der Waals surface area contributed by atoms with E-state index in [4.69, 9.17) is 15.5 Å². The number of nitrogens with two attached hydrogens (primary N) is 1. The zero-order valence-electron chi connectivity index (χ0n) is 16.8. The Labute approximate surface area is 189 Å². The van der Waals surface area contributed by atoms with Gasteiger partial charge in [0.2, 0.25) is 0 Å². The minimum Gasteiger partial charge on any atom is -0.484 e. The summed E-state index contributed by atoms with van der Waals surface area (Å²) in [5.74, 6) is 2.18. The number of nitrogens with one attached hydrogen (secondary N) is 2. The molecule has 0 aliphatic heterocycles. The summed E-state index contributed by atoms with van der Waals surface area (Å²) in [6, 6.07) is 8.08. The average Bonchev–Trinajstić information content (AvgIpc) is 2.66. The van der Waals surface area contributed by atoms with Gasteiger partial charge in [-0.15, -0.1) is 24.0 Å². The Morgan fingerprint density at radius 3 is 2.89 bits per heavy atom. The number of benzene rings is 1. The van der Waals surface area contributed by atoms with E-state index in [0.717, 1.165) is 23.3 Å². The van der Waals surface area contributed by atoms with Crippen molar-refractivity contribution in [1.82, 2.24) is 10.6 Å². The predicted octanol–water partition coefficient (Wildman–Crippen LogP) is 3.29. The molecular formula is C20H33IN4O2S. The molecule has 1 fully saturated rings. The van der Waals surface area contributed by atoms with Gasteiger partial charge in [-0.05, 0) is 49.6 Å². The van der Waals surface area contributed by atoms with E-state index in [-0.39, 0.29) is 30.6 Å².